The van der Waals surface area contributed by atoms with Gasteiger partial charge in [0.25, 0.3) is 0 Å². The summed E-state index contributed by atoms with van der Waals surface area (Å²) in [6, 6.07) is 5.23. The lowest BCUT2D eigenvalue weighted by atomic mass is 9.73. The van der Waals surface area contributed by atoms with Crippen LogP contribution in [0.25, 0.3) is 0 Å². The number of likely N-dealkylation sites (tertiary alicyclic amines) is 2. The van der Waals surface area contributed by atoms with E-state index in [0.717, 1.165) is 62.1 Å². The van der Waals surface area contributed by atoms with Gasteiger partial charge in [0.05, 0.1) is 17.9 Å². The highest BCUT2D eigenvalue weighted by Crippen LogP contribution is 2.55. The molecule has 1 aromatic carbocycles. The molecule has 8 heteroatoms. The van der Waals surface area contributed by atoms with Crippen molar-refractivity contribution in [2.45, 2.75) is 90.0 Å². The number of nitrogens with zero attached hydrogens (tertiary/aromatic N) is 2. The largest absolute Gasteiger partial charge is 0.359 e. The van der Waals surface area contributed by atoms with Gasteiger partial charge in [-0.15, -0.1) is 0 Å². The van der Waals surface area contributed by atoms with Gasteiger partial charge in [-0.3, -0.25) is 14.4 Å². The fraction of sp³-hybridized carbons (Fsp3) is 0.667. The standard InChI is InChI=1S/C33H46N4O4/c1-20-17-21(2)19-24(18-20)34-30(38)27-26-11-12-33(41-26)28(27)32(40)37(16-15-36-13-6-5-7-14-36)29(33)31(39)35-25-10-8-9-22(3)23(25)4/h11-12,17-19,22-23,25-29H,5-10,13-16H2,1-4H3,(H,34,38)(H,35,39)/t22-,23-,25+,26-,27+,28-,29-,33-/m0/s1. The first-order valence-electron chi connectivity index (χ1n) is 15.8. The van der Waals surface area contributed by atoms with Gasteiger partial charge in [0.1, 0.15) is 11.6 Å². The maximum Gasteiger partial charge on any atom is 0.246 e. The molecule has 6 rings (SSSR count). The summed E-state index contributed by atoms with van der Waals surface area (Å²) in [5.74, 6) is -1.01. The summed E-state index contributed by atoms with van der Waals surface area (Å²) in [4.78, 5) is 46.4. The van der Waals surface area contributed by atoms with Crippen LogP contribution in [0.1, 0.15) is 63.5 Å². The van der Waals surface area contributed by atoms with Crippen molar-refractivity contribution in [3.05, 3.63) is 41.5 Å². The SMILES string of the molecule is Cc1cc(C)cc(NC(=O)[C@@H]2[C@@H]3C=C[C@]4(O3)[C@@H]2C(=O)N(CCN2CCCCC2)[C@H]4C(=O)N[C@@H]2CCC[C@H](C)[C@@H]2C)c1. The van der Waals surface area contributed by atoms with Crippen molar-refractivity contribution in [3.8, 4) is 0 Å². The van der Waals surface area contributed by atoms with Crippen LogP contribution in [0.3, 0.4) is 0 Å². The van der Waals surface area contributed by atoms with E-state index in [1.165, 1.54) is 12.8 Å². The fourth-order valence-corrected chi connectivity index (χ4v) is 8.26. The van der Waals surface area contributed by atoms with Gasteiger partial charge in [-0.05, 0) is 81.3 Å². The van der Waals surface area contributed by atoms with Crippen molar-refractivity contribution in [2.75, 3.05) is 31.5 Å². The highest BCUT2D eigenvalue weighted by molar-refractivity contribution is 6.02. The minimum Gasteiger partial charge on any atom is -0.359 e. The minimum absolute atomic E-state index is 0.0759. The molecule has 41 heavy (non-hydrogen) atoms. The van der Waals surface area contributed by atoms with Crippen LogP contribution in [0.5, 0.6) is 0 Å². The average Bonchev–Trinajstić information content (AvgIpc) is 3.57. The van der Waals surface area contributed by atoms with E-state index in [2.05, 4.69) is 35.4 Å². The van der Waals surface area contributed by atoms with Crippen LogP contribution in [-0.2, 0) is 19.1 Å². The van der Waals surface area contributed by atoms with Crippen molar-refractivity contribution in [1.29, 1.82) is 0 Å². The normalized spacial score (nSPS) is 36.4. The topological polar surface area (TPSA) is 91.0 Å². The third-order valence-electron chi connectivity index (χ3n) is 10.6. The van der Waals surface area contributed by atoms with Crippen molar-refractivity contribution in [1.82, 2.24) is 15.1 Å². The van der Waals surface area contributed by atoms with Gasteiger partial charge in [-0.2, -0.15) is 0 Å². The number of rotatable bonds is 7. The van der Waals surface area contributed by atoms with Crippen LogP contribution in [0.4, 0.5) is 5.69 Å². The summed E-state index contributed by atoms with van der Waals surface area (Å²) in [7, 11) is 0. The molecular formula is C33H46N4O4. The van der Waals surface area contributed by atoms with Crippen LogP contribution < -0.4 is 10.6 Å². The predicted molar refractivity (Wildman–Crippen MR) is 158 cm³/mol. The van der Waals surface area contributed by atoms with Crippen LogP contribution in [0, 0.1) is 37.5 Å². The van der Waals surface area contributed by atoms with E-state index in [-0.39, 0.29) is 23.8 Å². The maximum absolute atomic E-state index is 14.3. The van der Waals surface area contributed by atoms with Crippen LogP contribution in [0.2, 0.25) is 0 Å². The van der Waals surface area contributed by atoms with Gasteiger partial charge in [0, 0.05) is 24.8 Å². The van der Waals surface area contributed by atoms with E-state index in [0.29, 0.717) is 18.4 Å². The highest BCUT2D eigenvalue weighted by atomic mass is 16.5. The average molecular weight is 563 g/mol. The Morgan fingerprint density at radius 2 is 1.71 bits per heavy atom. The van der Waals surface area contributed by atoms with Gasteiger partial charge in [0.2, 0.25) is 17.7 Å². The van der Waals surface area contributed by atoms with Crippen LogP contribution in [0.15, 0.2) is 30.4 Å². The number of ether oxygens (including phenoxy) is 1. The van der Waals surface area contributed by atoms with Gasteiger partial charge in [-0.25, -0.2) is 0 Å². The Balaban J connectivity index is 1.28. The molecule has 2 bridgehead atoms. The van der Waals surface area contributed by atoms with Crippen molar-refractivity contribution in [2.24, 2.45) is 23.7 Å². The zero-order chi connectivity index (χ0) is 28.9. The lowest BCUT2D eigenvalue weighted by molar-refractivity contribution is -0.142. The van der Waals surface area contributed by atoms with Crippen molar-refractivity contribution >= 4 is 23.4 Å². The van der Waals surface area contributed by atoms with E-state index in [1.54, 1.807) is 4.90 Å². The minimum atomic E-state index is -1.12. The third-order valence-corrected chi connectivity index (χ3v) is 10.6. The Kier molecular flexibility index (Phi) is 7.74. The quantitative estimate of drug-likeness (QED) is 0.493. The molecule has 3 amide bonds. The molecule has 8 atom stereocenters. The number of anilines is 1. The van der Waals surface area contributed by atoms with E-state index in [4.69, 9.17) is 4.74 Å². The molecule has 1 aliphatic carbocycles. The Morgan fingerprint density at radius 1 is 0.976 bits per heavy atom. The maximum atomic E-state index is 14.3. The number of piperidine rings is 1. The smallest absolute Gasteiger partial charge is 0.246 e. The monoisotopic (exact) mass is 562 g/mol. The molecule has 5 aliphatic rings. The molecule has 3 saturated heterocycles. The Bertz CT molecular complexity index is 1210. The fourth-order valence-electron chi connectivity index (χ4n) is 8.26. The zero-order valence-corrected chi connectivity index (χ0v) is 25.0. The lowest BCUT2D eigenvalue weighted by Gasteiger charge is -2.38. The predicted octanol–water partition coefficient (Wildman–Crippen LogP) is 3.82. The molecule has 1 saturated carbocycles. The third kappa shape index (κ3) is 5.11. The van der Waals surface area contributed by atoms with Crippen molar-refractivity contribution in [3.63, 3.8) is 0 Å². The van der Waals surface area contributed by atoms with E-state index in [9.17, 15) is 14.4 Å². The van der Waals surface area contributed by atoms with E-state index >= 15 is 0 Å². The van der Waals surface area contributed by atoms with Gasteiger partial charge < -0.3 is 25.2 Å². The molecular weight excluding hydrogens is 516 g/mol. The molecule has 2 N–H and O–H groups in total. The molecule has 0 unspecified atom stereocenters. The Morgan fingerprint density at radius 3 is 2.44 bits per heavy atom. The summed E-state index contributed by atoms with van der Waals surface area (Å²) in [5, 5.41) is 6.42. The Labute approximate surface area is 244 Å². The molecule has 4 aliphatic heterocycles. The molecule has 222 valence electrons. The number of carbonyl (C=O) groups is 3. The number of amides is 3. The van der Waals surface area contributed by atoms with Gasteiger partial charge >= 0.3 is 0 Å². The number of hydrogen-bond donors (Lipinski definition) is 2. The zero-order valence-electron chi connectivity index (χ0n) is 25.0. The number of benzene rings is 1. The first-order chi connectivity index (χ1) is 19.7. The molecule has 4 heterocycles. The molecule has 8 nitrogen and oxygen atoms in total. The number of hydrogen-bond acceptors (Lipinski definition) is 5. The summed E-state index contributed by atoms with van der Waals surface area (Å²) in [5.41, 5.74) is 1.71. The van der Waals surface area contributed by atoms with Gasteiger partial charge in [-0.1, -0.05) is 51.3 Å². The molecule has 0 aromatic heterocycles. The first kappa shape index (κ1) is 28.4. The Hall–Kier alpha value is -2.71. The number of nitrogens with one attached hydrogen (secondary N) is 2. The van der Waals surface area contributed by atoms with E-state index < -0.39 is 29.6 Å². The molecule has 4 fully saturated rings. The number of carbonyl (C=O) groups excluding carboxylic acids is 3. The molecule has 0 radical (unpaired) electrons. The van der Waals surface area contributed by atoms with Crippen LogP contribution >= 0.6 is 0 Å². The number of aryl methyl sites for hydroxylation is 2. The number of fused-ring (bicyclic) bond motifs is 1. The summed E-state index contributed by atoms with van der Waals surface area (Å²) in [6.45, 7) is 11.7. The second-order valence-corrected chi connectivity index (χ2v) is 13.4. The van der Waals surface area contributed by atoms with Crippen molar-refractivity contribution < 1.29 is 19.1 Å². The van der Waals surface area contributed by atoms with E-state index in [1.807, 2.05) is 38.1 Å². The lowest BCUT2D eigenvalue weighted by Crippen LogP contribution is -2.58. The summed E-state index contributed by atoms with van der Waals surface area (Å²) < 4.78 is 6.56. The summed E-state index contributed by atoms with van der Waals surface area (Å²) >= 11 is 0. The molecule has 1 aromatic rings. The first-order valence-corrected chi connectivity index (χ1v) is 15.8. The second kappa shape index (κ2) is 11.2. The van der Waals surface area contributed by atoms with Gasteiger partial charge in [0.15, 0.2) is 0 Å². The summed E-state index contributed by atoms with van der Waals surface area (Å²) in [6.07, 6.45) is 10.1. The van der Waals surface area contributed by atoms with Crippen LogP contribution in [-0.4, -0.2) is 77.5 Å². The second-order valence-electron chi connectivity index (χ2n) is 13.4. The highest BCUT2D eigenvalue weighted by Gasteiger charge is 2.72. The molecule has 1 spiro atoms.